The van der Waals surface area contributed by atoms with Gasteiger partial charge in [-0.25, -0.2) is 0 Å². The van der Waals surface area contributed by atoms with E-state index in [9.17, 15) is 10.3 Å². The summed E-state index contributed by atoms with van der Waals surface area (Å²) in [5.41, 5.74) is 1.43. The lowest BCUT2D eigenvalue weighted by Crippen LogP contribution is -2.43. The predicted octanol–water partition coefficient (Wildman–Crippen LogP) is 2.73. The van der Waals surface area contributed by atoms with Crippen molar-refractivity contribution < 1.29 is 10.3 Å². The normalized spacial score (nSPS) is 23.8. The number of rotatable bonds is 2. The van der Waals surface area contributed by atoms with Gasteiger partial charge in [0.15, 0.2) is 6.17 Å². The van der Waals surface area contributed by atoms with Gasteiger partial charge < -0.3 is 10.3 Å². The number of phenols is 1. The van der Waals surface area contributed by atoms with Crippen LogP contribution in [0.1, 0.15) is 38.9 Å². The van der Waals surface area contributed by atoms with Gasteiger partial charge in [0.2, 0.25) is 0 Å². The fourth-order valence-corrected chi connectivity index (χ4v) is 2.18. The molecule has 1 aromatic carbocycles. The SMILES string of the molecule is CCC1=N[C@@H](c2ccc(O)cc2)N(O)C1(C)C. The maximum absolute atomic E-state index is 10.2. The predicted molar refractivity (Wildman–Crippen MR) is 66.3 cm³/mol. The van der Waals surface area contributed by atoms with Crippen LogP contribution in [-0.2, 0) is 0 Å². The van der Waals surface area contributed by atoms with Gasteiger partial charge in [0, 0.05) is 5.71 Å². The lowest BCUT2D eigenvalue weighted by Gasteiger charge is -2.30. The molecule has 0 bridgehead atoms. The number of phenolic OH excluding ortho intramolecular Hbond substituents is 1. The highest BCUT2D eigenvalue weighted by molar-refractivity contribution is 5.94. The van der Waals surface area contributed by atoms with Gasteiger partial charge in [-0.3, -0.25) is 4.99 Å². The number of hydrogen-bond acceptors (Lipinski definition) is 4. The first-order valence-corrected chi connectivity index (χ1v) is 5.81. The Labute approximate surface area is 101 Å². The first kappa shape index (κ1) is 12.1. The number of aliphatic imine (C=N–C) groups is 1. The van der Waals surface area contributed by atoms with Crippen LogP contribution in [0.2, 0.25) is 0 Å². The molecule has 0 radical (unpaired) electrons. The molecule has 0 aromatic heterocycles. The zero-order chi connectivity index (χ0) is 12.6. The van der Waals surface area contributed by atoms with Crippen molar-refractivity contribution in [1.82, 2.24) is 5.06 Å². The molecule has 1 atom stereocenters. The number of benzene rings is 1. The topological polar surface area (TPSA) is 56.1 Å². The minimum atomic E-state index is -0.433. The molecule has 4 nitrogen and oxygen atoms in total. The number of hydroxylamine groups is 2. The average Bonchev–Trinajstić information content (AvgIpc) is 2.52. The van der Waals surface area contributed by atoms with E-state index in [2.05, 4.69) is 4.99 Å². The molecule has 0 unspecified atom stereocenters. The summed E-state index contributed by atoms with van der Waals surface area (Å²) in [6.45, 7) is 5.94. The summed E-state index contributed by atoms with van der Waals surface area (Å²) in [6.07, 6.45) is 0.444. The van der Waals surface area contributed by atoms with E-state index in [4.69, 9.17) is 0 Å². The van der Waals surface area contributed by atoms with Crippen molar-refractivity contribution >= 4 is 5.71 Å². The number of aromatic hydroxyl groups is 1. The van der Waals surface area contributed by atoms with Crippen molar-refractivity contribution in [3.8, 4) is 5.75 Å². The summed E-state index contributed by atoms with van der Waals surface area (Å²) in [6, 6.07) is 6.77. The first-order valence-electron chi connectivity index (χ1n) is 5.81. The molecule has 1 aliphatic rings. The largest absolute Gasteiger partial charge is 0.508 e. The third kappa shape index (κ3) is 1.94. The fourth-order valence-electron chi connectivity index (χ4n) is 2.18. The minimum absolute atomic E-state index is 0.218. The van der Waals surface area contributed by atoms with Crippen LogP contribution in [0.15, 0.2) is 29.3 Å². The Morgan fingerprint density at radius 1 is 1.29 bits per heavy atom. The third-order valence-electron chi connectivity index (χ3n) is 3.31. The Morgan fingerprint density at radius 3 is 2.35 bits per heavy atom. The fraction of sp³-hybridized carbons (Fsp3) is 0.462. The highest BCUT2D eigenvalue weighted by atomic mass is 16.5. The van der Waals surface area contributed by atoms with E-state index in [-0.39, 0.29) is 11.9 Å². The van der Waals surface area contributed by atoms with Crippen LogP contribution in [0.25, 0.3) is 0 Å². The molecule has 0 amide bonds. The van der Waals surface area contributed by atoms with E-state index in [0.717, 1.165) is 17.7 Å². The van der Waals surface area contributed by atoms with Crippen LogP contribution in [0.4, 0.5) is 0 Å². The van der Waals surface area contributed by atoms with E-state index in [1.807, 2.05) is 20.8 Å². The van der Waals surface area contributed by atoms with Gasteiger partial charge >= 0.3 is 0 Å². The van der Waals surface area contributed by atoms with Gasteiger partial charge in [-0.2, -0.15) is 5.06 Å². The summed E-state index contributed by atoms with van der Waals surface area (Å²) >= 11 is 0. The van der Waals surface area contributed by atoms with Crippen molar-refractivity contribution in [3.05, 3.63) is 29.8 Å². The lowest BCUT2D eigenvalue weighted by molar-refractivity contribution is -0.159. The molecule has 0 saturated carbocycles. The van der Waals surface area contributed by atoms with Gasteiger partial charge in [0.05, 0.1) is 5.54 Å². The second-order valence-electron chi connectivity index (χ2n) is 4.80. The van der Waals surface area contributed by atoms with Crippen molar-refractivity contribution in [1.29, 1.82) is 0 Å². The molecule has 0 aliphatic carbocycles. The number of hydrogen-bond donors (Lipinski definition) is 2. The van der Waals surface area contributed by atoms with Crippen LogP contribution >= 0.6 is 0 Å². The summed E-state index contributed by atoms with van der Waals surface area (Å²) in [7, 11) is 0. The van der Waals surface area contributed by atoms with E-state index < -0.39 is 5.54 Å². The van der Waals surface area contributed by atoms with Gasteiger partial charge in [-0.1, -0.05) is 19.1 Å². The molecule has 1 heterocycles. The second kappa shape index (κ2) is 4.13. The Morgan fingerprint density at radius 2 is 1.88 bits per heavy atom. The van der Waals surface area contributed by atoms with E-state index >= 15 is 0 Å². The van der Waals surface area contributed by atoms with E-state index in [1.165, 1.54) is 5.06 Å². The standard InChI is InChI=1S/C13H18N2O2/c1-4-11-13(2,3)15(17)12(14-11)9-5-7-10(16)8-6-9/h5-8,12,16-17H,4H2,1-3H3/t12-/m1/s1. The highest BCUT2D eigenvalue weighted by Gasteiger charge is 2.41. The summed E-state index contributed by atoms with van der Waals surface area (Å²) < 4.78 is 0. The molecule has 0 fully saturated rings. The number of nitrogens with zero attached hydrogens (tertiary/aromatic N) is 2. The highest BCUT2D eigenvalue weighted by Crippen LogP contribution is 2.36. The molecular weight excluding hydrogens is 216 g/mol. The summed E-state index contributed by atoms with van der Waals surface area (Å²) in [5, 5.41) is 20.7. The molecule has 2 rings (SSSR count). The van der Waals surface area contributed by atoms with Gasteiger partial charge in [0.25, 0.3) is 0 Å². The van der Waals surface area contributed by atoms with Crippen LogP contribution in [0.3, 0.4) is 0 Å². The zero-order valence-corrected chi connectivity index (χ0v) is 10.4. The molecule has 2 N–H and O–H groups in total. The molecule has 92 valence electrons. The summed E-state index contributed by atoms with van der Waals surface area (Å²) in [5.74, 6) is 0.218. The third-order valence-corrected chi connectivity index (χ3v) is 3.31. The van der Waals surface area contributed by atoms with Crippen LogP contribution < -0.4 is 0 Å². The molecule has 4 heteroatoms. The Hall–Kier alpha value is -1.39. The molecule has 0 spiro atoms. The molecule has 1 aliphatic heterocycles. The van der Waals surface area contributed by atoms with Crippen LogP contribution in [0.5, 0.6) is 5.75 Å². The zero-order valence-electron chi connectivity index (χ0n) is 10.4. The first-order chi connectivity index (χ1) is 7.96. The Balaban J connectivity index is 2.35. The maximum Gasteiger partial charge on any atom is 0.151 e. The minimum Gasteiger partial charge on any atom is -0.508 e. The molecular formula is C13H18N2O2. The second-order valence-corrected chi connectivity index (χ2v) is 4.80. The monoisotopic (exact) mass is 234 g/mol. The maximum atomic E-state index is 10.2. The molecule has 17 heavy (non-hydrogen) atoms. The van der Waals surface area contributed by atoms with Crippen LogP contribution in [-0.4, -0.2) is 26.6 Å². The quantitative estimate of drug-likeness (QED) is 0.827. The van der Waals surface area contributed by atoms with Crippen molar-refractivity contribution in [2.45, 2.75) is 38.9 Å². The van der Waals surface area contributed by atoms with Gasteiger partial charge in [-0.05, 0) is 38.0 Å². The lowest BCUT2D eigenvalue weighted by atomic mass is 9.97. The van der Waals surface area contributed by atoms with Gasteiger partial charge in [0.1, 0.15) is 5.75 Å². The van der Waals surface area contributed by atoms with E-state index in [1.54, 1.807) is 24.3 Å². The van der Waals surface area contributed by atoms with Crippen molar-refractivity contribution in [2.75, 3.05) is 0 Å². The van der Waals surface area contributed by atoms with Crippen molar-refractivity contribution in [3.63, 3.8) is 0 Å². The average molecular weight is 234 g/mol. The Bertz CT molecular complexity index is 437. The summed E-state index contributed by atoms with van der Waals surface area (Å²) in [4.78, 5) is 4.55. The molecule has 1 aromatic rings. The van der Waals surface area contributed by atoms with E-state index in [0.29, 0.717) is 0 Å². The van der Waals surface area contributed by atoms with Crippen LogP contribution in [0, 0.1) is 0 Å². The van der Waals surface area contributed by atoms with Crippen molar-refractivity contribution in [2.24, 2.45) is 4.99 Å². The van der Waals surface area contributed by atoms with Gasteiger partial charge in [-0.15, -0.1) is 0 Å². The smallest absolute Gasteiger partial charge is 0.151 e. The Kier molecular flexibility index (Phi) is 2.93. The molecule has 0 saturated heterocycles.